The molecule has 488 valence electrons. The van der Waals surface area contributed by atoms with Crippen LogP contribution in [0, 0.1) is 0 Å². The van der Waals surface area contributed by atoms with Crippen LogP contribution in [0.4, 0.5) is 0 Å². The third kappa shape index (κ3) is 70.3. The van der Waals surface area contributed by atoms with E-state index in [1.165, 1.54) is 295 Å². The lowest BCUT2D eigenvalue weighted by Crippen LogP contribution is -2.30. The zero-order valence-electron chi connectivity index (χ0n) is 56.2. The number of carbonyl (C=O) groups excluding carboxylic acids is 3. The van der Waals surface area contributed by atoms with Crippen molar-refractivity contribution in [2.24, 2.45) is 0 Å². The third-order valence-electron chi connectivity index (χ3n) is 17.2. The van der Waals surface area contributed by atoms with Gasteiger partial charge in [0.2, 0.25) is 0 Å². The molecule has 0 fully saturated rings. The number of rotatable bonds is 70. The van der Waals surface area contributed by atoms with Gasteiger partial charge in [0.25, 0.3) is 0 Å². The second-order valence-corrected chi connectivity index (χ2v) is 25.5. The van der Waals surface area contributed by atoms with E-state index in [4.69, 9.17) is 14.2 Å². The van der Waals surface area contributed by atoms with Gasteiger partial charge in [-0.1, -0.05) is 385 Å². The van der Waals surface area contributed by atoms with Crippen LogP contribution < -0.4 is 0 Å². The zero-order valence-corrected chi connectivity index (χ0v) is 56.2. The van der Waals surface area contributed by atoms with Crippen LogP contribution in [0.2, 0.25) is 0 Å². The Morgan fingerprint density at radius 3 is 0.735 bits per heavy atom. The SMILES string of the molecule is CC/C=C\C/C=C\C/C=C\CCCCCCCCCC(=O)OC(COC(=O)CCCCCCCCCCCCCCC)COC(=O)CCCCCCCCCCCCCCCCCCCCCCCCCCCCCCCCCCCCC. The molecule has 6 heteroatoms. The highest BCUT2D eigenvalue weighted by Crippen LogP contribution is 2.20. The molecule has 0 spiro atoms. The summed E-state index contributed by atoms with van der Waals surface area (Å²) in [4.78, 5) is 38.4. The maximum atomic E-state index is 12.9. The summed E-state index contributed by atoms with van der Waals surface area (Å²) in [6.07, 6.45) is 90.7. The maximum absolute atomic E-state index is 12.9. The highest BCUT2D eigenvalue weighted by Gasteiger charge is 2.20. The van der Waals surface area contributed by atoms with Gasteiger partial charge < -0.3 is 14.2 Å². The number of hydrogen-bond acceptors (Lipinski definition) is 6. The molecule has 0 saturated heterocycles. The first-order valence-corrected chi connectivity index (χ1v) is 37.5. The van der Waals surface area contributed by atoms with Gasteiger partial charge in [-0.25, -0.2) is 0 Å². The van der Waals surface area contributed by atoms with E-state index in [1.807, 2.05) is 0 Å². The fourth-order valence-electron chi connectivity index (χ4n) is 11.6. The van der Waals surface area contributed by atoms with Gasteiger partial charge in [-0.05, 0) is 51.4 Å². The molecule has 0 aliphatic carbocycles. The van der Waals surface area contributed by atoms with Crippen LogP contribution in [-0.2, 0) is 28.6 Å². The molecule has 83 heavy (non-hydrogen) atoms. The molecular weight excluding hydrogens is 1020 g/mol. The topological polar surface area (TPSA) is 78.9 Å². The molecule has 0 heterocycles. The summed E-state index contributed by atoms with van der Waals surface area (Å²) in [6, 6.07) is 0. The van der Waals surface area contributed by atoms with Gasteiger partial charge in [0, 0.05) is 19.3 Å². The largest absolute Gasteiger partial charge is 0.462 e. The fourth-order valence-corrected chi connectivity index (χ4v) is 11.6. The molecule has 0 aromatic heterocycles. The summed E-state index contributed by atoms with van der Waals surface area (Å²) in [6.45, 7) is 6.60. The van der Waals surface area contributed by atoms with Crippen LogP contribution in [0.25, 0.3) is 0 Å². The average Bonchev–Trinajstić information content (AvgIpc) is 3.49. The van der Waals surface area contributed by atoms with Crippen molar-refractivity contribution >= 4 is 17.9 Å². The first-order valence-electron chi connectivity index (χ1n) is 37.5. The van der Waals surface area contributed by atoms with Gasteiger partial charge in [0.15, 0.2) is 6.10 Å². The number of allylic oxidation sites excluding steroid dienone is 6. The van der Waals surface area contributed by atoms with Crippen molar-refractivity contribution in [2.75, 3.05) is 13.2 Å². The molecular formula is C77H144O6. The molecule has 0 radical (unpaired) electrons. The van der Waals surface area contributed by atoms with E-state index >= 15 is 0 Å². The van der Waals surface area contributed by atoms with Crippen molar-refractivity contribution in [3.63, 3.8) is 0 Å². The number of unbranched alkanes of at least 4 members (excludes halogenated alkanes) is 53. The molecule has 6 nitrogen and oxygen atoms in total. The van der Waals surface area contributed by atoms with Crippen LogP contribution >= 0.6 is 0 Å². The summed E-state index contributed by atoms with van der Waals surface area (Å²) in [5.74, 6) is -0.852. The molecule has 1 atom stereocenters. The van der Waals surface area contributed by atoms with Crippen LogP contribution in [0.5, 0.6) is 0 Å². The Balaban J connectivity index is 4.05. The Morgan fingerprint density at radius 1 is 0.253 bits per heavy atom. The minimum atomic E-state index is -0.775. The van der Waals surface area contributed by atoms with Crippen LogP contribution in [0.3, 0.4) is 0 Å². The van der Waals surface area contributed by atoms with Crippen LogP contribution in [0.1, 0.15) is 419 Å². The number of ether oxygens (including phenoxy) is 3. The van der Waals surface area contributed by atoms with Crippen molar-refractivity contribution in [1.29, 1.82) is 0 Å². The summed E-state index contributed by atoms with van der Waals surface area (Å²) in [5, 5.41) is 0. The molecule has 0 aromatic carbocycles. The lowest BCUT2D eigenvalue weighted by molar-refractivity contribution is -0.167. The standard InChI is InChI=1S/C77H144O6/c1-4-7-10-13-16-19-22-25-27-29-30-31-32-33-34-35-36-37-38-39-40-41-42-43-44-45-46-48-49-52-55-58-61-64-67-70-76(79)82-73-74(72-81-75(78)69-66-63-60-57-54-51-24-21-18-15-12-9-6-3)83-77(80)71-68-65-62-59-56-53-50-47-28-26-23-20-17-14-11-8-5-2/h8,11,17,20,26,28,74H,4-7,9-10,12-16,18-19,21-25,27,29-73H2,1-3H3/b11-8-,20-17-,28-26-. The quantitative estimate of drug-likeness (QED) is 0.0261. The predicted octanol–water partition coefficient (Wildman–Crippen LogP) is 25.9. The second kappa shape index (κ2) is 72.1. The summed E-state index contributed by atoms with van der Waals surface area (Å²) in [5.41, 5.74) is 0. The van der Waals surface area contributed by atoms with Crippen LogP contribution in [0.15, 0.2) is 36.5 Å². The Bertz CT molecular complexity index is 1380. The first kappa shape index (κ1) is 80.6. The van der Waals surface area contributed by atoms with E-state index < -0.39 is 6.10 Å². The molecule has 0 N–H and O–H groups in total. The average molecular weight is 1170 g/mol. The Kier molecular flexibility index (Phi) is 70.0. The van der Waals surface area contributed by atoms with Gasteiger partial charge in [-0.3, -0.25) is 14.4 Å². The van der Waals surface area contributed by atoms with E-state index in [0.717, 1.165) is 83.5 Å². The second-order valence-electron chi connectivity index (χ2n) is 25.5. The fraction of sp³-hybridized carbons (Fsp3) is 0.883. The smallest absolute Gasteiger partial charge is 0.306 e. The van der Waals surface area contributed by atoms with E-state index in [-0.39, 0.29) is 31.1 Å². The summed E-state index contributed by atoms with van der Waals surface area (Å²) >= 11 is 0. The van der Waals surface area contributed by atoms with Gasteiger partial charge >= 0.3 is 17.9 Å². The Morgan fingerprint density at radius 2 is 0.470 bits per heavy atom. The predicted molar refractivity (Wildman–Crippen MR) is 362 cm³/mol. The maximum Gasteiger partial charge on any atom is 0.306 e. The highest BCUT2D eigenvalue weighted by molar-refractivity contribution is 5.71. The van der Waals surface area contributed by atoms with E-state index in [2.05, 4.69) is 57.2 Å². The minimum absolute atomic E-state index is 0.0706. The van der Waals surface area contributed by atoms with Gasteiger partial charge in [-0.2, -0.15) is 0 Å². The van der Waals surface area contributed by atoms with Crippen molar-refractivity contribution in [2.45, 2.75) is 425 Å². The Labute approximate surface area is 518 Å². The molecule has 0 amide bonds. The first-order chi connectivity index (χ1) is 41.0. The van der Waals surface area contributed by atoms with Crippen molar-refractivity contribution < 1.29 is 28.6 Å². The zero-order chi connectivity index (χ0) is 59.9. The molecule has 0 bridgehead atoms. The summed E-state index contributed by atoms with van der Waals surface area (Å²) < 4.78 is 17.0. The highest BCUT2D eigenvalue weighted by atomic mass is 16.6. The molecule has 0 rings (SSSR count). The molecule has 0 aliphatic heterocycles. The van der Waals surface area contributed by atoms with Gasteiger partial charge in [-0.15, -0.1) is 0 Å². The summed E-state index contributed by atoms with van der Waals surface area (Å²) in [7, 11) is 0. The Hall–Kier alpha value is -2.37. The van der Waals surface area contributed by atoms with E-state index in [9.17, 15) is 14.4 Å². The third-order valence-corrected chi connectivity index (χ3v) is 17.2. The normalized spacial score (nSPS) is 12.2. The van der Waals surface area contributed by atoms with Crippen molar-refractivity contribution in [3.8, 4) is 0 Å². The van der Waals surface area contributed by atoms with E-state index in [1.54, 1.807) is 0 Å². The van der Waals surface area contributed by atoms with Gasteiger partial charge in [0.1, 0.15) is 13.2 Å². The van der Waals surface area contributed by atoms with E-state index in [0.29, 0.717) is 19.3 Å². The monoisotopic (exact) mass is 1170 g/mol. The molecule has 0 aromatic rings. The number of hydrogen-bond donors (Lipinski definition) is 0. The minimum Gasteiger partial charge on any atom is -0.462 e. The lowest BCUT2D eigenvalue weighted by Gasteiger charge is -2.18. The molecule has 1 unspecified atom stereocenters. The molecule has 0 aliphatic rings. The number of esters is 3. The van der Waals surface area contributed by atoms with Gasteiger partial charge in [0.05, 0.1) is 0 Å². The molecule has 0 saturated carbocycles. The lowest BCUT2D eigenvalue weighted by atomic mass is 10.0. The van der Waals surface area contributed by atoms with Crippen LogP contribution in [-0.4, -0.2) is 37.2 Å². The van der Waals surface area contributed by atoms with Crippen molar-refractivity contribution in [3.05, 3.63) is 36.5 Å². The van der Waals surface area contributed by atoms with Crippen molar-refractivity contribution in [1.82, 2.24) is 0 Å². The number of carbonyl (C=O) groups is 3.